The van der Waals surface area contributed by atoms with Gasteiger partial charge in [0.25, 0.3) is 5.91 Å². The van der Waals surface area contributed by atoms with E-state index in [1.54, 1.807) is 59.5 Å². The lowest BCUT2D eigenvalue weighted by Crippen LogP contribution is -2.17. The number of carboxylic acid groups (broad SMARTS) is 1. The Kier molecular flexibility index (Phi) is 7.33. The number of hydrogen-bond acceptors (Lipinski definition) is 7. The highest BCUT2D eigenvalue weighted by Gasteiger charge is 2.08. The van der Waals surface area contributed by atoms with E-state index >= 15 is 0 Å². The second kappa shape index (κ2) is 10.8. The molecule has 0 aliphatic rings. The summed E-state index contributed by atoms with van der Waals surface area (Å²) >= 11 is 3.34. The summed E-state index contributed by atoms with van der Waals surface area (Å²) in [4.78, 5) is 27.7. The number of carbonyl (C=O) groups excluding carboxylic acids is 1. The number of benzene rings is 3. The van der Waals surface area contributed by atoms with Crippen LogP contribution in [0.4, 0.5) is 0 Å². The van der Waals surface area contributed by atoms with Gasteiger partial charge in [0.05, 0.1) is 16.4 Å². The predicted octanol–water partition coefficient (Wildman–Crippen LogP) is 4.82. The van der Waals surface area contributed by atoms with Gasteiger partial charge in [-0.25, -0.2) is 15.2 Å². The predicted molar refractivity (Wildman–Crippen MR) is 130 cm³/mol. The average molecular weight is 478 g/mol. The first-order valence-corrected chi connectivity index (χ1v) is 11.7. The summed E-state index contributed by atoms with van der Waals surface area (Å²) in [5.74, 6) is -0.294. The highest BCUT2D eigenvalue weighted by molar-refractivity contribution is 8.00. The normalized spacial score (nSPS) is 11.0. The maximum atomic E-state index is 12.4. The number of thiazole rings is 1. The molecule has 4 aromatic rings. The van der Waals surface area contributed by atoms with Crippen LogP contribution < -0.4 is 10.2 Å². The average Bonchev–Trinajstić information content (AvgIpc) is 3.25. The first-order chi connectivity index (χ1) is 16.1. The van der Waals surface area contributed by atoms with E-state index in [0.29, 0.717) is 16.9 Å². The molecule has 3 aromatic carbocycles. The zero-order valence-corrected chi connectivity index (χ0v) is 18.9. The zero-order chi connectivity index (χ0) is 23.0. The van der Waals surface area contributed by atoms with Crippen molar-refractivity contribution in [2.75, 3.05) is 6.61 Å². The molecule has 0 saturated heterocycles. The van der Waals surface area contributed by atoms with Gasteiger partial charge in [-0.05, 0) is 42.0 Å². The maximum absolute atomic E-state index is 12.4. The minimum Gasteiger partial charge on any atom is -0.481 e. The van der Waals surface area contributed by atoms with Gasteiger partial charge < -0.3 is 9.84 Å². The summed E-state index contributed by atoms with van der Waals surface area (Å²) in [6, 6.07) is 22.2. The summed E-state index contributed by atoms with van der Waals surface area (Å²) in [7, 11) is 0. The van der Waals surface area contributed by atoms with E-state index in [2.05, 4.69) is 21.6 Å². The van der Waals surface area contributed by atoms with Gasteiger partial charge in [0.1, 0.15) is 5.75 Å². The van der Waals surface area contributed by atoms with Gasteiger partial charge in [-0.2, -0.15) is 5.10 Å². The molecule has 9 heteroatoms. The third kappa shape index (κ3) is 6.18. The van der Waals surface area contributed by atoms with Gasteiger partial charge in [0.15, 0.2) is 10.9 Å². The van der Waals surface area contributed by atoms with Crippen LogP contribution in [-0.4, -0.2) is 34.8 Å². The molecule has 0 spiro atoms. The number of carboxylic acids is 1. The zero-order valence-electron chi connectivity index (χ0n) is 17.3. The first kappa shape index (κ1) is 22.5. The molecule has 1 amide bonds. The van der Waals surface area contributed by atoms with E-state index in [1.165, 1.54) is 10.9 Å². The van der Waals surface area contributed by atoms with Crippen LogP contribution in [0.5, 0.6) is 5.75 Å². The van der Waals surface area contributed by atoms with E-state index < -0.39 is 12.6 Å². The summed E-state index contributed by atoms with van der Waals surface area (Å²) in [5.41, 5.74) is 5.61. The molecule has 2 N–H and O–H groups in total. The van der Waals surface area contributed by atoms with Crippen molar-refractivity contribution in [1.82, 2.24) is 10.4 Å². The van der Waals surface area contributed by atoms with Crippen molar-refractivity contribution >= 4 is 51.4 Å². The summed E-state index contributed by atoms with van der Waals surface area (Å²) in [6.45, 7) is -0.458. The Morgan fingerprint density at radius 2 is 1.82 bits per heavy atom. The fraction of sp³-hybridized carbons (Fsp3) is 0.0833. The number of hydrazone groups is 1. The minimum absolute atomic E-state index is 0.347. The molecule has 0 fully saturated rings. The Morgan fingerprint density at radius 1 is 1.06 bits per heavy atom. The first-order valence-electron chi connectivity index (χ1n) is 9.93. The van der Waals surface area contributed by atoms with Crippen molar-refractivity contribution in [2.24, 2.45) is 5.10 Å². The third-order valence-electron chi connectivity index (χ3n) is 4.49. The van der Waals surface area contributed by atoms with Crippen molar-refractivity contribution in [2.45, 2.75) is 10.1 Å². The molecule has 0 radical (unpaired) electrons. The Bertz CT molecular complexity index is 1270. The van der Waals surface area contributed by atoms with Crippen LogP contribution in [0.15, 0.2) is 82.2 Å². The van der Waals surface area contributed by atoms with Crippen molar-refractivity contribution in [1.29, 1.82) is 0 Å². The number of thioether (sulfide) groups is 1. The lowest BCUT2D eigenvalue weighted by Gasteiger charge is -2.06. The van der Waals surface area contributed by atoms with Crippen molar-refractivity contribution in [3.05, 3.63) is 89.5 Å². The molecule has 0 aliphatic heterocycles. The quantitative estimate of drug-likeness (QED) is 0.204. The number of nitrogens with zero attached hydrogens (tertiary/aromatic N) is 2. The summed E-state index contributed by atoms with van der Waals surface area (Å²) < 4.78 is 7.40. The minimum atomic E-state index is -1.07. The Labute approximate surface area is 198 Å². The van der Waals surface area contributed by atoms with Crippen LogP contribution in [0.25, 0.3) is 10.2 Å². The molecule has 0 atom stereocenters. The van der Waals surface area contributed by atoms with Crippen LogP contribution >= 0.6 is 23.1 Å². The number of carbonyl (C=O) groups is 2. The van der Waals surface area contributed by atoms with Gasteiger partial charge in [-0.1, -0.05) is 48.2 Å². The van der Waals surface area contributed by atoms with Gasteiger partial charge in [0.2, 0.25) is 0 Å². The van der Waals surface area contributed by atoms with Crippen LogP contribution in [0, 0.1) is 0 Å². The lowest BCUT2D eigenvalue weighted by atomic mass is 10.1. The molecule has 0 unspecified atom stereocenters. The highest BCUT2D eigenvalue weighted by Crippen LogP contribution is 2.31. The van der Waals surface area contributed by atoms with E-state index in [-0.39, 0.29) is 5.91 Å². The van der Waals surface area contributed by atoms with Crippen LogP contribution in [0.3, 0.4) is 0 Å². The second-order valence-corrected chi connectivity index (χ2v) is 9.11. The van der Waals surface area contributed by atoms with Crippen molar-refractivity contribution in [3.63, 3.8) is 0 Å². The van der Waals surface area contributed by atoms with Crippen molar-refractivity contribution in [3.8, 4) is 5.75 Å². The number of rotatable bonds is 9. The number of hydrogen-bond donors (Lipinski definition) is 2. The third-order valence-corrected chi connectivity index (χ3v) is 6.74. The van der Waals surface area contributed by atoms with Crippen LogP contribution in [-0.2, 0) is 10.5 Å². The highest BCUT2D eigenvalue weighted by atomic mass is 32.2. The lowest BCUT2D eigenvalue weighted by molar-refractivity contribution is -0.139. The molecular weight excluding hydrogens is 458 g/mol. The monoisotopic (exact) mass is 477 g/mol. The number of nitrogens with one attached hydrogen (secondary N) is 1. The Morgan fingerprint density at radius 3 is 2.61 bits per heavy atom. The number of aliphatic carboxylic acids is 1. The molecule has 1 aromatic heterocycles. The fourth-order valence-corrected chi connectivity index (χ4v) is 4.92. The number of amides is 1. The fourth-order valence-electron chi connectivity index (χ4n) is 2.89. The molecule has 4 rings (SSSR count). The standard InChI is InChI=1S/C24H19N3O4S2/c28-22(29)14-31-20-7-3-1-5-18(20)13-25-27-23(30)17-11-9-16(10-12-17)15-32-24-26-19-6-2-4-8-21(19)33-24/h1-13H,14-15H2,(H,27,30)(H,28,29)/b25-13+. The molecule has 1 heterocycles. The molecule has 33 heavy (non-hydrogen) atoms. The maximum Gasteiger partial charge on any atom is 0.341 e. The van der Waals surface area contributed by atoms with Gasteiger partial charge in [-0.15, -0.1) is 11.3 Å². The topological polar surface area (TPSA) is 101 Å². The van der Waals surface area contributed by atoms with Gasteiger partial charge in [0, 0.05) is 16.9 Å². The molecule has 0 aliphatic carbocycles. The number of fused-ring (bicyclic) bond motifs is 1. The van der Waals surface area contributed by atoms with E-state index in [4.69, 9.17) is 9.84 Å². The SMILES string of the molecule is O=C(O)COc1ccccc1/C=N/NC(=O)c1ccc(CSc2nc3ccccc3s2)cc1. The molecule has 0 saturated carbocycles. The van der Waals surface area contributed by atoms with Crippen LogP contribution in [0.1, 0.15) is 21.5 Å². The van der Waals surface area contributed by atoms with E-state index in [9.17, 15) is 9.59 Å². The number of aromatic nitrogens is 1. The van der Waals surface area contributed by atoms with Gasteiger partial charge in [-0.3, -0.25) is 4.79 Å². The Balaban J connectivity index is 1.31. The summed E-state index contributed by atoms with van der Waals surface area (Å²) in [6.07, 6.45) is 1.41. The number of ether oxygens (including phenoxy) is 1. The molecule has 166 valence electrons. The molecule has 0 bridgehead atoms. The van der Waals surface area contributed by atoms with Gasteiger partial charge >= 0.3 is 5.97 Å². The molecular formula is C24H19N3O4S2. The largest absolute Gasteiger partial charge is 0.481 e. The summed E-state index contributed by atoms with van der Waals surface area (Å²) in [5, 5.41) is 12.7. The van der Waals surface area contributed by atoms with E-state index in [0.717, 1.165) is 21.2 Å². The second-order valence-electron chi connectivity index (χ2n) is 6.85. The van der Waals surface area contributed by atoms with Crippen LogP contribution in [0.2, 0.25) is 0 Å². The Hall–Kier alpha value is -3.69. The van der Waals surface area contributed by atoms with E-state index in [1.807, 2.05) is 30.3 Å². The number of para-hydroxylation sites is 2. The smallest absolute Gasteiger partial charge is 0.341 e. The molecule has 7 nitrogen and oxygen atoms in total. The van der Waals surface area contributed by atoms with Crippen molar-refractivity contribution < 1.29 is 19.4 Å².